The molecule has 24 heavy (non-hydrogen) atoms. The van der Waals surface area contributed by atoms with Crippen molar-refractivity contribution in [2.24, 2.45) is 11.1 Å². The lowest BCUT2D eigenvalue weighted by Crippen LogP contribution is -2.17. The Morgan fingerprint density at radius 1 is 1.25 bits per heavy atom. The summed E-state index contributed by atoms with van der Waals surface area (Å²) in [6, 6.07) is 11.0. The van der Waals surface area contributed by atoms with Crippen LogP contribution in [0.5, 0.6) is 0 Å². The third-order valence-electron chi connectivity index (χ3n) is 4.06. The van der Waals surface area contributed by atoms with Crippen LogP contribution in [0.15, 0.2) is 47.4 Å². The van der Waals surface area contributed by atoms with Gasteiger partial charge in [0, 0.05) is 11.6 Å². The fraction of sp³-hybridized carbons (Fsp3) is 0.235. The predicted molar refractivity (Wildman–Crippen MR) is 88.4 cm³/mol. The van der Waals surface area contributed by atoms with Crippen LogP contribution in [0.1, 0.15) is 23.5 Å². The van der Waals surface area contributed by atoms with Gasteiger partial charge in [0.2, 0.25) is 15.9 Å². The number of carbonyl (C=O) groups is 1. The number of hydrogen-bond acceptors (Lipinski definition) is 3. The number of nitrogens with one attached hydrogen (secondary N) is 1. The van der Waals surface area contributed by atoms with Crippen LogP contribution < -0.4 is 10.5 Å². The molecule has 0 heterocycles. The Hall–Kier alpha value is -2.25. The highest BCUT2D eigenvalue weighted by atomic mass is 32.2. The highest BCUT2D eigenvalue weighted by molar-refractivity contribution is 7.89. The maximum atomic E-state index is 13.5. The van der Waals surface area contributed by atoms with Crippen LogP contribution in [-0.2, 0) is 14.8 Å². The largest absolute Gasteiger partial charge is 0.326 e. The van der Waals surface area contributed by atoms with E-state index >= 15 is 0 Å². The molecule has 3 rings (SSSR count). The first kappa shape index (κ1) is 16.6. The Morgan fingerprint density at radius 2 is 2.00 bits per heavy atom. The van der Waals surface area contributed by atoms with Crippen molar-refractivity contribution < 1.29 is 17.6 Å². The first-order chi connectivity index (χ1) is 11.2. The van der Waals surface area contributed by atoms with Gasteiger partial charge in [-0.05, 0) is 43.0 Å². The van der Waals surface area contributed by atoms with Crippen LogP contribution in [-0.4, -0.2) is 14.3 Å². The lowest BCUT2D eigenvalue weighted by atomic mass is 10.1. The van der Waals surface area contributed by atoms with Crippen LogP contribution in [0.2, 0.25) is 0 Å². The Balaban J connectivity index is 1.74. The second-order valence-electron chi connectivity index (χ2n) is 6.07. The van der Waals surface area contributed by atoms with Gasteiger partial charge in [-0.15, -0.1) is 0 Å². The second-order valence-corrected chi connectivity index (χ2v) is 7.63. The van der Waals surface area contributed by atoms with Gasteiger partial charge in [-0.1, -0.05) is 29.8 Å². The summed E-state index contributed by atoms with van der Waals surface area (Å²) in [5.41, 5.74) is 2.31. The molecule has 126 valence electrons. The second kappa shape index (κ2) is 5.99. The molecule has 1 saturated carbocycles. The van der Waals surface area contributed by atoms with Crippen molar-refractivity contribution in [3.63, 3.8) is 0 Å². The highest BCUT2D eigenvalue weighted by Gasteiger charge is 2.43. The number of aryl methyl sites for hydroxylation is 1. The fourth-order valence-electron chi connectivity index (χ4n) is 2.79. The third kappa shape index (κ3) is 3.63. The summed E-state index contributed by atoms with van der Waals surface area (Å²) in [7, 11) is -4.04. The smallest absolute Gasteiger partial charge is 0.238 e. The van der Waals surface area contributed by atoms with Crippen LogP contribution in [0, 0.1) is 18.7 Å². The van der Waals surface area contributed by atoms with Crippen LogP contribution >= 0.6 is 0 Å². The number of primary sulfonamides is 1. The number of nitrogens with two attached hydrogens (primary N) is 1. The van der Waals surface area contributed by atoms with Gasteiger partial charge in [0.25, 0.3) is 0 Å². The average Bonchev–Trinajstić information content (AvgIpc) is 3.26. The van der Waals surface area contributed by atoms with Crippen molar-refractivity contribution in [2.75, 3.05) is 5.32 Å². The van der Waals surface area contributed by atoms with Crippen molar-refractivity contribution >= 4 is 21.6 Å². The zero-order valence-corrected chi connectivity index (χ0v) is 13.8. The molecule has 1 aliphatic rings. The van der Waals surface area contributed by atoms with E-state index in [1.165, 1.54) is 0 Å². The molecule has 2 atom stereocenters. The number of benzene rings is 2. The van der Waals surface area contributed by atoms with Gasteiger partial charge in [0.1, 0.15) is 5.82 Å². The molecule has 2 aromatic carbocycles. The van der Waals surface area contributed by atoms with Crippen molar-refractivity contribution in [2.45, 2.75) is 24.2 Å². The molecule has 1 amide bonds. The zero-order valence-electron chi connectivity index (χ0n) is 13.0. The molecule has 3 N–H and O–H groups in total. The Labute approximate surface area is 139 Å². The van der Waals surface area contributed by atoms with E-state index in [1.807, 2.05) is 31.2 Å². The van der Waals surface area contributed by atoms with Crippen LogP contribution in [0.25, 0.3) is 0 Å². The molecular weight excluding hydrogens is 331 g/mol. The fourth-order valence-corrected chi connectivity index (χ4v) is 3.36. The summed E-state index contributed by atoms with van der Waals surface area (Å²) in [5, 5.41) is 7.58. The number of rotatable bonds is 4. The quantitative estimate of drug-likeness (QED) is 0.890. The molecule has 1 fully saturated rings. The van der Waals surface area contributed by atoms with E-state index in [2.05, 4.69) is 5.32 Å². The van der Waals surface area contributed by atoms with E-state index in [9.17, 15) is 17.6 Å². The number of carbonyl (C=O) groups excluding carboxylic acids is 1. The van der Waals surface area contributed by atoms with Gasteiger partial charge < -0.3 is 5.32 Å². The molecule has 0 aliphatic heterocycles. The van der Waals surface area contributed by atoms with E-state index in [4.69, 9.17) is 5.14 Å². The molecule has 1 aliphatic carbocycles. The van der Waals surface area contributed by atoms with Gasteiger partial charge >= 0.3 is 0 Å². The average molecular weight is 348 g/mol. The third-order valence-corrected chi connectivity index (χ3v) is 4.96. The number of halogens is 1. The first-order valence-corrected chi connectivity index (χ1v) is 8.99. The normalized spacial score (nSPS) is 19.8. The van der Waals surface area contributed by atoms with Gasteiger partial charge in [-0.25, -0.2) is 17.9 Å². The number of hydrogen-bond donors (Lipinski definition) is 2. The summed E-state index contributed by atoms with van der Waals surface area (Å²) < 4.78 is 36.2. The minimum atomic E-state index is -4.04. The van der Waals surface area contributed by atoms with Crippen LogP contribution in [0.4, 0.5) is 10.1 Å². The molecule has 0 bridgehead atoms. The minimum absolute atomic E-state index is 0.0823. The minimum Gasteiger partial charge on any atom is -0.326 e. The summed E-state index contributed by atoms with van der Waals surface area (Å²) >= 11 is 0. The van der Waals surface area contributed by atoms with Gasteiger partial charge in [-0.3, -0.25) is 4.79 Å². The Morgan fingerprint density at radius 3 is 2.67 bits per heavy atom. The highest BCUT2D eigenvalue weighted by Crippen LogP contribution is 2.48. The molecule has 5 nitrogen and oxygen atoms in total. The number of anilines is 1. The maximum Gasteiger partial charge on any atom is 0.238 e. The van der Waals surface area contributed by atoms with E-state index in [0.29, 0.717) is 6.42 Å². The summed E-state index contributed by atoms with van der Waals surface area (Å²) in [6.45, 7) is 1.99. The van der Waals surface area contributed by atoms with Crippen molar-refractivity contribution in [1.29, 1.82) is 0 Å². The van der Waals surface area contributed by atoms with Gasteiger partial charge in [-0.2, -0.15) is 0 Å². The number of sulfonamides is 1. The van der Waals surface area contributed by atoms with Gasteiger partial charge in [0.15, 0.2) is 0 Å². The standard InChI is InChI=1S/C17H17FN2O3S/c1-10-3-2-4-11(5-10)15-9-16(15)17(21)20-13-6-12(18)7-14(8-13)24(19,22)23/h2-8,15-16H,9H2,1H3,(H,20,21)(H2,19,22,23)/t15-,16+/m0/s1. The van der Waals surface area contributed by atoms with Crippen LogP contribution in [0.3, 0.4) is 0 Å². The van der Waals surface area contributed by atoms with E-state index in [-0.39, 0.29) is 28.3 Å². The summed E-state index contributed by atoms with van der Waals surface area (Å²) in [5.74, 6) is -1.10. The van der Waals surface area contributed by atoms with E-state index in [1.54, 1.807) is 0 Å². The predicted octanol–water partition coefficient (Wildman–Crippen LogP) is 2.52. The van der Waals surface area contributed by atoms with E-state index < -0.39 is 15.8 Å². The molecule has 0 radical (unpaired) electrons. The monoisotopic (exact) mass is 348 g/mol. The molecule has 0 aromatic heterocycles. The number of amides is 1. The molecule has 2 aromatic rings. The molecular formula is C17H17FN2O3S. The van der Waals surface area contributed by atoms with Gasteiger partial charge in [0.05, 0.1) is 4.90 Å². The Bertz CT molecular complexity index is 912. The first-order valence-electron chi connectivity index (χ1n) is 7.45. The Kier molecular flexibility index (Phi) is 4.15. The molecule has 7 heteroatoms. The summed E-state index contributed by atoms with van der Waals surface area (Å²) in [6.07, 6.45) is 0.715. The lowest BCUT2D eigenvalue weighted by molar-refractivity contribution is -0.117. The zero-order chi connectivity index (χ0) is 17.5. The van der Waals surface area contributed by atoms with Crippen molar-refractivity contribution in [1.82, 2.24) is 0 Å². The van der Waals surface area contributed by atoms with Crippen molar-refractivity contribution in [3.8, 4) is 0 Å². The lowest BCUT2D eigenvalue weighted by Gasteiger charge is -2.07. The SMILES string of the molecule is Cc1cccc([C@@H]2C[C@H]2C(=O)Nc2cc(F)cc(S(N)(=O)=O)c2)c1. The van der Waals surface area contributed by atoms with Crippen molar-refractivity contribution in [3.05, 3.63) is 59.4 Å². The molecule has 0 spiro atoms. The molecule has 0 saturated heterocycles. The molecule has 0 unspecified atom stereocenters. The topological polar surface area (TPSA) is 89.3 Å². The summed E-state index contributed by atoms with van der Waals surface area (Å²) in [4.78, 5) is 11.9. The van der Waals surface area contributed by atoms with E-state index in [0.717, 1.165) is 29.3 Å². The maximum absolute atomic E-state index is 13.5.